The maximum Gasteiger partial charge on any atom is 0.321 e. The number of nitrogens with zero attached hydrogens (tertiary/aromatic N) is 2. The van der Waals surface area contributed by atoms with Gasteiger partial charge in [-0.1, -0.05) is 12.1 Å². The fourth-order valence-electron chi connectivity index (χ4n) is 1.97. The average molecular weight is 288 g/mol. The monoisotopic (exact) mass is 288 g/mol. The third-order valence-electron chi connectivity index (χ3n) is 3.12. The maximum atomic E-state index is 12.3. The van der Waals surface area contributed by atoms with Crippen LogP contribution in [0.3, 0.4) is 0 Å². The molecule has 2 rings (SSSR count). The number of aryl methyl sites for hydroxylation is 2. The van der Waals surface area contributed by atoms with E-state index in [0.29, 0.717) is 10.9 Å². The van der Waals surface area contributed by atoms with Gasteiger partial charge in [0.05, 0.1) is 17.2 Å². The number of carbonyl (C=O) groups excluding carboxylic acids is 2. The van der Waals surface area contributed by atoms with E-state index in [4.69, 9.17) is 0 Å². The summed E-state index contributed by atoms with van der Waals surface area (Å²) in [4.78, 5) is 39.0. The van der Waals surface area contributed by atoms with Crippen molar-refractivity contribution >= 4 is 22.8 Å². The first-order valence-corrected chi connectivity index (χ1v) is 6.49. The zero-order valence-electron chi connectivity index (χ0n) is 11.8. The van der Waals surface area contributed by atoms with Gasteiger partial charge in [0.15, 0.2) is 0 Å². The van der Waals surface area contributed by atoms with Crippen LogP contribution in [-0.2, 0) is 11.3 Å². The van der Waals surface area contributed by atoms with Crippen molar-refractivity contribution in [3.63, 3.8) is 0 Å². The molecule has 0 unspecified atom stereocenters. The summed E-state index contributed by atoms with van der Waals surface area (Å²) < 4.78 is 1.37. The number of carbonyl (C=O) groups is 2. The number of benzene rings is 1. The number of fused-ring (bicyclic) bond motifs is 1. The average Bonchev–Trinajstić information content (AvgIpc) is 2.47. The van der Waals surface area contributed by atoms with Crippen molar-refractivity contribution in [2.45, 2.75) is 19.9 Å². The third kappa shape index (κ3) is 3.25. The van der Waals surface area contributed by atoms with Gasteiger partial charge >= 0.3 is 6.03 Å². The van der Waals surface area contributed by atoms with Crippen LogP contribution in [0.5, 0.6) is 0 Å². The van der Waals surface area contributed by atoms with Crippen molar-refractivity contribution in [1.82, 2.24) is 20.2 Å². The number of nitrogens with one attached hydrogen (secondary N) is 2. The third-order valence-corrected chi connectivity index (χ3v) is 3.12. The van der Waals surface area contributed by atoms with E-state index in [0.717, 1.165) is 5.56 Å². The zero-order chi connectivity index (χ0) is 15.4. The van der Waals surface area contributed by atoms with E-state index >= 15 is 0 Å². The topological polar surface area (TPSA) is 93.1 Å². The molecule has 21 heavy (non-hydrogen) atoms. The molecule has 0 fully saturated rings. The van der Waals surface area contributed by atoms with Crippen LogP contribution in [0.4, 0.5) is 4.79 Å². The normalized spacial score (nSPS) is 10.4. The van der Waals surface area contributed by atoms with Crippen molar-refractivity contribution < 1.29 is 9.59 Å². The van der Waals surface area contributed by atoms with Gasteiger partial charge in [-0.3, -0.25) is 19.5 Å². The Balaban J connectivity index is 2.17. The van der Waals surface area contributed by atoms with E-state index in [1.807, 2.05) is 13.0 Å². The molecule has 1 heterocycles. The second-order valence-electron chi connectivity index (χ2n) is 4.59. The van der Waals surface area contributed by atoms with Crippen molar-refractivity contribution in [1.29, 1.82) is 0 Å². The Morgan fingerprint density at radius 1 is 1.33 bits per heavy atom. The summed E-state index contributed by atoms with van der Waals surface area (Å²) in [5.74, 6) is -0.453. The lowest BCUT2D eigenvalue weighted by molar-refractivity contribution is -0.120. The summed E-state index contributed by atoms with van der Waals surface area (Å²) >= 11 is 0. The van der Waals surface area contributed by atoms with Gasteiger partial charge in [-0.25, -0.2) is 9.78 Å². The first kappa shape index (κ1) is 14.7. The number of hydrogen-bond acceptors (Lipinski definition) is 4. The molecule has 1 aromatic heterocycles. The van der Waals surface area contributed by atoms with E-state index < -0.39 is 11.9 Å². The van der Waals surface area contributed by atoms with Gasteiger partial charge in [0.25, 0.3) is 5.56 Å². The predicted molar refractivity (Wildman–Crippen MR) is 78.0 cm³/mol. The van der Waals surface area contributed by atoms with Gasteiger partial charge < -0.3 is 5.32 Å². The van der Waals surface area contributed by atoms with Gasteiger partial charge in [-0.2, -0.15) is 0 Å². The zero-order valence-corrected chi connectivity index (χ0v) is 11.8. The number of imide groups is 1. The van der Waals surface area contributed by atoms with E-state index in [-0.39, 0.29) is 18.5 Å². The summed E-state index contributed by atoms with van der Waals surface area (Å²) in [5.41, 5.74) is 1.39. The number of para-hydroxylation sites is 1. The standard InChI is InChI=1S/C14H16N4O3/c1-9-4-3-5-10-12(9)16-8-18(13(10)20)7-6-11(19)17-14(21)15-2/h3-5,8H,6-7H2,1-2H3,(H2,15,17,19,21). The van der Waals surface area contributed by atoms with E-state index in [2.05, 4.69) is 15.6 Å². The Kier molecular flexibility index (Phi) is 4.32. The van der Waals surface area contributed by atoms with Crippen LogP contribution in [0.15, 0.2) is 29.3 Å². The lowest BCUT2D eigenvalue weighted by Gasteiger charge is -2.07. The van der Waals surface area contributed by atoms with Gasteiger partial charge in [0, 0.05) is 20.0 Å². The highest BCUT2D eigenvalue weighted by Crippen LogP contribution is 2.11. The summed E-state index contributed by atoms with van der Waals surface area (Å²) in [6.07, 6.45) is 1.44. The molecule has 110 valence electrons. The van der Waals surface area contributed by atoms with Crippen molar-refractivity contribution in [3.05, 3.63) is 40.4 Å². The Labute approximate surface area is 121 Å². The van der Waals surface area contributed by atoms with Crippen LogP contribution in [-0.4, -0.2) is 28.5 Å². The lowest BCUT2D eigenvalue weighted by atomic mass is 10.1. The maximum absolute atomic E-state index is 12.3. The number of amides is 3. The first-order chi connectivity index (χ1) is 10.0. The summed E-state index contributed by atoms with van der Waals surface area (Å²) in [7, 11) is 1.42. The molecule has 7 nitrogen and oxygen atoms in total. The molecule has 2 aromatic rings. The van der Waals surface area contributed by atoms with Gasteiger partial charge in [0.2, 0.25) is 5.91 Å². The molecule has 7 heteroatoms. The number of urea groups is 1. The fraction of sp³-hybridized carbons (Fsp3) is 0.286. The Morgan fingerprint density at radius 2 is 2.10 bits per heavy atom. The Bertz CT molecular complexity index is 751. The minimum absolute atomic E-state index is 0.0202. The quantitative estimate of drug-likeness (QED) is 0.862. The Hall–Kier alpha value is -2.70. The molecule has 0 saturated heterocycles. The van der Waals surface area contributed by atoms with E-state index in [9.17, 15) is 14.4 Å². The fourth-order valence-corrected chi connectivity index (χ4v) is 1.97. The van der Waals surface area contributed by atoms with Crippen molar-refractivity contribution in [2.24, 2.45) is 0 Å². The number of aromatic nitrogens is 2. The molecule has 0 aliphatic heterocycles. The van der Waals surface area contributed by atoms with Crippen LogP contribution in [0.1, 0.15) is 12.0 Å². The van der Waals surface area contributed by atoms with Crippen LogP contribution < -0.4 is 16.2 Å². The molecular formula is C14H16N4O3. The molecular weight excluding hydrogens is 272 g/mol. The van der Waals surface area contributed by atoms with E-state index in [1.54, 1.807) is 12.1 Å². The molecule has 2 N–H and O–H groups in total. The predicted octanol–water partition coefficient (Wildman–Crippen LogP) is 0.551. The number of rotatable bonds is 3. The highest BCUT2D eigenvalue weighted by molar-refractivity contribution is 5.94. The van der Waals surface area contributed by atoms with Crippen LogP contribution in [0, 0.1) is 6.92 Å². The van der Waals surface area contributed by atoms with E-state index in [1.165, 1.54) is 17.9 Å². The number of hydrogen-bond donors (Lipinski definition) is 2. The SMILES string of the molecule is CNC(=O)NC(=O)CCn1cnc2c(C)cccc2c1=O. The smallest absolute Gasteiger partial charge is 0.321 e. The molecule has 0 atom stereocenters. The Morgan fingerprint density at radius 3 is 2.81 bits per heavy atom. The second-order valence-corrected chi connectivity index (χ2v) is 4.59. The minimum Gasteiger partial charge on any atom is -0.341 e. The molecule has 1 aromatic carbocycles. The van der Waals surface area contributed by atoms with Gasteiger partial charge in [0.1, 0.15) is 0 Å². The summed E-state index contributed by atoms with van der Waals surface area (Å²) in [5, 5.41) is 4.94. The highest BCUT2D eigenvalue weighted by Gasteiger charge is 2.09. The molecule has 0 aliphatic carbocycles. The van der Waals surface area contributed by atoms with Crippen molar-refractivity contribution in [3.8, 4) is 0 Å². The highest BCUT2D eigenvalue weighted by atomic mass is 16.2. The molecule has 0 aliphatic rings. The first-order valence-electron chi connectivity index (χ1n) is 6.49. The van der Waals surface area contributed by atoms with Crippen LogP contribution >= 0.6 is 0 Å². The van der Waals surface area contributed by atoms with Crippen molar-refractivity contribution in [2.75, 3.05) is 7.05 Å². The van der Waals surface area contributed by atoms with Crippen LogP contribution in [0.25, 0.3) is 10.9 Å². The largest absolute Gasteiger partial charge is 0.341 e. The second kappa shape index (κ2) is 6.17. The molecule has 0 spiro atoms. The van der Waals surface area contributed by atoms with Crippen LogP contribution in [0.2, 0.25) is 0 Å². The van der Waals surface area contributed by atoms with Gasteiger partial charge in [-0.05, 0) is 18.6 Å². The summed E-state index contributed by atoms with van der Waals surface area (Å²) in [6, 6.07) is 4.82. The lowest BCUT2D eigenvalue weighted by Crippen LogP contribution is -2.38. The molecule has 0 bridgehead atoms. The molecule has 3 amide bonds. The molecule has 0 radical (unpaired) electrons. The van der Waals surface area contributed by atoms with Gasteiger partial charge in [-0.15, -0.1) is 0 Å². The minimum atomic E-state index is -0.570. The molecule has 0 saturated carbocycles. The summed E-state index contributed by atoms with van der Waals surface area (Å²) in [6.45, 7) is 2.05.